The molecule has 8 nitrogen and oxygen atoms in total. The number of rotatable bonds is 4. The summed E-state index contributed by atoms with van der Waals surface area (Å²) in [6.07, 6.45) is 3.45. The molecular formula is C36H62O8. The maximum absolute atomic E-state index is 12.2. The van der Waals surface area contributed by atoms with Gasteiger partial charge in [-0.2, -0.15) is 0 Å². The van der Waals surface area contributed by atoms with Crippen molar-refractivity contribution in [2.75, 3.05) is 6.61 Å². The molecule has 2 heterocycles. The molecular weight excluding hydrogens is 560 g/mol. The fraction of sp³-hybridized carbons (Fsp3) is 1.00. The van der Waals surface area contributed by atoms with E-state index in [1.165, 1.54) is 6.42 Å². The second-order valence-electron chi connectivity index (χ2n) is 18.2. The molecule has 8 heteroatoms. The molecule has 0 amide bonds. The van der Waals surface area contributed by atoms with Gasteiger partial charge >= 0.3 is 0 Å². The molecule has 15 atom stereocenters. The van der Waals surface area contributed by atoms with Crippen molar-refractivity contribution in [2.24, 2.45) is 45.3 Å². The summed E-state index contributed by atoms with van der Waals surface area (Å²) in [4.78, 5) is 0. The Morgan fingerprint density at radius 2 is 1.41 bits per heavy atom. The molecule has 0 aromatic carbocycles. The Bertz CT molecular complexity index is 1080. The van der Waals surface area contributed by atoms with Gasteiger partial charge in [0.1, 0.15) is 24.4 Å². The molecule has 0 bridgehead atoms. The Morgan fingerprint density at radius 1 is 0.727 bits per heavy atom. The predicted octanol–water partition coefficient (Wildman–Crippen LogP) is 4.57. The van der Waals surface area contributed by atoms with Crippen molar-refractivity contribution in [1.29, 1.82) is 0 Å². The third-order valence-corrected chi connectivity index (χ3v) is 15.2. The quantitative estimate of drug-likeness (QED) is 0.289. The summed E-state index contributed by atoms with van der Waals surface area (Å²) in [7, 11) is 0. The molecule has 5 N–H and O–H groups in total. The monoisotopic (exact) mass is 622 g/mol. The fourth-order valence-corrected chi connectivity index (χ4v) is 12.9. The van der Waals surface area contributed by atoms with E-state index in [1.807, 2.05) is 0 Å². The second kappa shape index (κ2) is 10.8. The van der Waals surface area contributed by atoms with E-state index in [9.17, 15) is 25.5 Å². The molecule has 254 valence electrons. The molecule has 6 aliphatic rings. The van der Waals surface area contributed by atoms with Crippen LogP contribution in [0.5, 0.6) is 0 Å². The summed E-state index contributed by atoms with van der Waals surface area (Å²) in [6.45, 7) is 18.4. The third-order valence-electron chi connectivity index (χ3n) is 15.2. The Morgan fingerprint density at radius 3 is 2.07 bits per heavy atom. The number of hydrogen-bond acceptors (Lipinski definition) is 8. The average Bonchev–Trinajstić information content (AvgIpc) is 3.32. The van der Waals surface area contributed by atoms with E-state index in [1.54, 1.807) is 0 Å². The van der Waals surface area contributed by atoms with Crippen molar-refractivity contribution in [3.63, 3.8) is 0 Å². The highest BCUT2D eigenvalue weighted by atomic mass is 16.7. The van der Waals surface area contributed by atoms with Crippen LogP contribution in [0.3, 0.4) is 0 Å². The van der Waals surface area contributed by atoms with Gasteiger partial charge in [-0.25, -0.2) is 0 Å². The molecule has 6 unspecified atom stereocenters. The molecule has 0 aromatic rings. The van der Waals surface area contributed by atoms with E-state index in [0.717, 1.165) is 57.8 Å². The first-order valence-electron chi connectivity index (χ1n) is 17.7. The van der Waals surface area contributed by atoms with Crippen LogP contribution in [0.1, 0.15) is 120 Å². The number of aliphatic hydroxyl groups excluding tert-OH is 5. The van der Waals surface area contributed by atoms with Gasteiger partial charge in [-0.1, -0.05) is 34.6 Å². The van der Waals surface area contributed by atoms with Gasteiger partial charge in [0.15, 0.2) is 6.29 Å². The van der Waals surface area contributed by atoms with Crippen molar-refractivity contribution in [3.05, 3.63) is 0 Å². The van der Waals surface area contributed by atoms with Crippen LogP contribution in [0, 0.1) is 45.3 Å². The minimum atomic E-state index is -1.45. The zero-order valence-electron chi connectivity index (χ0n) is 28.6. The number of ether oxygens (including phenoxy) is 3. The lowest BCUT2D eigenvalue weighted by molar-refractivity contribution is -0.332. The van der Waals surface area contributed by atoms with Crippen LogP contribution in [-0.4, -0.2) is 86.3 Å². The second-order valence-corrected chi connectivity index (χ2v) is 18.2. The Balaban J connectivity index is 1.25. The van der Waals surface area contributed by atoms with Crippen LogP contribution >= 0.6 is 0 Å². The highest BCUT2D eigenvalue weighted by molar-refractivity contribution is 5.20. The molecule has 0 spiro atoms. The summed E-state index contributed by atoms with van der Waals surface area (Å²) in [5.41, 5.74) is -0.397. The minimum absolute atomic E-state index is 0.0199. The van der Waals surface area contributed by atoms with Crippen molar-refractivity contribution < 1.29 is 39.7 Å². The molecule has 6 rings (SSSR count). The lowest BCUT2D eigenvalue weighted by Crippen LogP contribution is -2.67. The lowest BCUT2D eigenvalue weighted by Gasteiger charge is -2.71. The SMILES string of the molecule is CC1(C)CCCC(C)(C2CCC3(C)C2[C@H](O)CC2[C@@]4(C)CC[C@H](O[C@@H]5O[C@H](CO)[C@@H](O)[C@H](O)[C@H]5O)C(C)(C)C4CC[C@]23C)O1. The summed E-state index contributed by atoms with van der Waals surface area (Å²) in [6, 6.07) is 0. The normalized spacial score (nSPS) is 56.8. The molecule has 6 fully saturated rings. The van der Waals surface area contributed by atoms with Crippen molar-refractivity contribution >= 4 is 0 Å². The lowest BCUT2D eigenvalue weighted by atomic mass is 9.35. The first-order valence-corrected chi connectivity index (χ1v) is 17.7. The first kappa shape index (κ1) is 33.6. The van der Waals surface area contributed by atoms with E-state index in [2.05, 4.69) is 55.4 Å². The van der Waals surface area contributed by atoms with Crippen LogP contribution in [0.25, 0.3) is 0 Å². The summed E-state index contributed by atoms with van der Waals surface area (Å²) in [5, 5.41) is 53.2. The van der Waals surface area contributed by atoms with E-state index in [-0.39, 0.29) is 51.0 Å². The van der Waals surface area contributed by atoms with E-state index in [4.69, 9.17) is 14.2 Å². The molecule has 4 saturated carbocycles. The third kappa shape index (κ3) is 4.74. The number of fused-ring (bicyclic) bond motifs is 5. The summed E-state index contributed by atoms with van der Waals surface area (Å²) >= 11 is 0. The van der Waals surface area contributed by atoms with Gasteiger partial charge in [-0.05, 0) is 130 Å². The van der Waals surface area contributed by atoms with Gasteiger partial charge in [0.25, 0.3) is 0 Å². The van der Waals surface area contributed by atoms with Gasteiger partial charge in [0.2, 0.25) is 0 Å². The van der Waals surface area contributed by atoms with Crippen LogP contribution in [0.4, 0.5) is 0 Å². The van der Waals surface area contributed by atoms with Crippen LogP contribution < -0.4 is 0 Å². The molecule has 2 saturated heterocycles. The van der Waals surface area contributed by atoms with E-state index < -0.39 is 37.3 Å². The van der Waals surface area contributed by atoms with Crippen LogP contribution in [0.15, 0.2) is 0 Å². The Kier molecular flexibility index (Phi) is 8.28. The molecule has 4 aliphatic carbocycles. The van der Waals surface area contributed by atoms with Gasteiger partial charge < -0.3 is 39.7 Å². The first-order chi connectivity index (χ1) is 20.3. The molecule has 44 heavy (non-hydrogen) atoms. The Hall–Kier alpha value is -0.320. The van der Waals surface area contributed by atoms with Crippen molar-refractivity contribution in [3.8, 4) is 0 Å². The predicted molar refractivity (Wildman–Crippen MR) is 166 cm³/mol. The highest BCUT2D eigenvalue weighted by Gasteiger charge is 2.72. The largest absolute Gasteiger partial charge is 0.394 e. The maximum Gasteiger partial charge on any atom is 0.186 e. The minimum Gasteiger partial charge on any atom is -0.394 e. The number of hydrogen-bond donors (Lipinski definition) is 5. The smallest absolute Gasteiger partial charge is 0.186 e. The van der Waals surface area contributed by atoms with E-state index >= 15 is 0 Å². The van der Waals surface area contributed by atoms with Crippen molar-refractivity contribution in [2.45, 2.75) is 174 Å². The number of aliphatic hydroxyl groups is 5. The average molecular weight is 623 g/mol. The van der Waals surface area contributed by atoms with Gasteiger partial charge in [0.05, 0.1) is 30.0 Å². The topological polar surface area (TPSA) is 129 Å². The summed E-state index contributed by atoms with van der Waals surface area (Å²) in [5.74, 6) is 1.33. The summed E-state index contributed by atoms with van der Waals surface area (Å²) < 4.78 is 19.1. The zero-order chi connectivity index (χ0) is 32.3. The standard InChI is InChI=1S/C36H62O8/c1-31(2)13-9-14-36(8,44-31)20-10-16-35(7)26(20)21(38)18-24-33(5)15-12-25(32(3,4)23(33)11-17-34(24,35)6)43-30-29(41)28(40)27(39)22(19-37)42-30/h20-30,37-41H,9-19H2,1-8H3/t20?,21-,22-,23?,24?,25+,26?,27-,28+,29-,30+,33+,34-,35?,36?/m1/s1. The van der Waals surface area contributed by atoms with Gasteiger partial charge in [0, 0.05) is 0 Å². The molecule has 0 aromatic heterocycles. The van der Waals surface area contributed by atoms with Gasteiger partial charge in [-0.3, -0.25) is 0 Å². The van der Waals surface area contributed by atoms with Crippen LogP contribution in [0.2, 0.25) is 0 Å². The van der Waals surface area contributed by atoms with Gasteiger partial charge in [-0.15, -0.1) is 0 Å². The molecule has 2 aliphatic heterocycles. The molecule has 0 radical (unpaired) electrons. The van der Waals surface area contributed by atoms with E-state index in [0.29, 0.717) is 17.8 Å². The zero-order valence-corrected chi connectivity index (χ0v) is 28.6. The maximum atomic E-state index is 12.2. The van der Waals surface area contributed by atoms with Crippen molar-refractivity contribution in [1.82, 2.24) is 0 Å². The highest BCUT2D eigenvalue weighted by Crippen LogP contribution is 2.76. The Labute approximate surface area is 265 Å². The fourth-order valence-electron chi connectivity index (χ4n) is 12.9. The van der Waals surface area contributed by atoms with Crippen LogP contribution in [-0.2, 0) is 14.2 Å².